The second-order valence-electron chi connectivity index (χ2n) is 4.99. The molecule has 0 aromatic rings. The molecule has 1 unspecified atom stereocenters. The number of nitrogens with zero attached hydrogens (tertiary/aromatic N) is 1. The van der Waals surface area contributed by atoms with Gasteiger partial charge in [-0.3, -0.25) is 0 Å². The first-order valence-corrected chi connectivity index (χ1v) is 8.98. The molecule has 0 spiro atoms. The molecule has 0 aliphatic heterocycles. The number of hydrogen-bond donors (Lipinski definition) is 1. The molecule has 0 aromatic heterocycles. The van der Waals surface area contributed by atoms with Crippen molar-refractivity contribution in [1.29, 1.82) is 5.26 Å². The minimum Gasteiger partial charge on any atom is -0.212 e. The molecular weight excluding hydrogens is 260 g/mol. The van der Waals surface area contributed by atoms with Crippen LogP contribution in [0.4, 0.5) is 0 Å². The van der Waals surface area contributed by atoms with E-state index in [-0.39, 0.29) is 11.8 Å². The molecule has 0 fully saturated rings. The van der Waals surface area contributed by atoms with Gasteiger partial charge in [0.05, 0.1) is 17.9 Å². The van der Waals surface area contributed by atoms with Crippen LogP contribution in [0.5, 0.6) is 0 Å². The van der Waals surface area contributed by atoms with Crippen LogP contribution < -0.4 is 4.72 Å². The summed E-state index contributed by atoms with van der Waals surface area (Å²) >= 11 is 0. The third-order valence-corrected chi connectivity index (χ3v) is 5.18. The molecule has 5 heteroatoms. The summed E-state index contributed by atoms with van der Waals surface area (Å²) in [7, 11) is -3.32. The summed E-state index contributed by atoms with van der Waals surface area (Å²) in [5.41, 5.74) is 0. The molecule has 4 nitrogen and oxygen atoms in total. The number of rotatable bonds is 12. The predicted molar refractivity (Wildman–Crippen MR) is 79.2 cm³/mol. The first kappa shape index (κ1) is 18.4. The second kappa shape index (κ2) is 11.2. The Labute approximate surface area is 118 Å². The van der Waals surface area contributed by atoms with E-state index < -0.39 is 10.0 Å². The van der Waals surface area contributed by atoms with Gasteiger partial charge in [0, 0.05) is 0 Å². The standard InChI is InChI=1S/C14H28N2O2S/c1-3-5-6-7-8-9-11-14(10-4-2)19(17,18)16-13-12-15/h14,16H,3-11,13H2,1-2H3. The average Bonchev–Trinajstić information content (AvgIpc) is 2.39. The van der Waals surface area contributed by atoms with Crippen molar-refractivity contribution in [3.8, 4) is 6.07 Å². The molecule has 0 aliphatic carbocycles. The Hall–Kier alpha value is -0.600. The van der Waals surface area contributed by atoms with Crippen molar-refractivity contribution in [1.82, 2.24) is 4.72 Å². The van der Waals surface area contributed by atoms with E-state index in [2.05, 4.69) is 11.6 Å². The Kier molecular flexibility index (Phi) is 10.9. The maximum Gasteiger partial charge on any atom is 0.215 e. The molecule has 0 saturated carbocycles. The van der Waals surface area contributed by atoms with Crippen LogP contribution in [-0.4, -0.2) is 20.2 Å². The lowest BCUT2D eigenvalue weighted by atomic mass is 10.1. The van der Waals surface area contributed by atoms with Crippen LogP contribution in [0.3, 0.4) is 0 Å². The Morgan fingerprint density at radius 2 is 1.63 bits per heavy atom. The molecule has 112 valence electrons. The van der Waals surface area contributed by atoms with Crippen molar-refractivity contribution in [2.45, 2.75) is 76.9 Å². The van der Waals surface area contributed by atoms with Gasteiger partial charge in [-0.1, -0.05) is 58.8 Å². The van der Waals surface area contributed by atoms with Crippen molar-refractivity contribution in [2.24, 2.45) is 0 Å². The van der Waals surface area contributed by atoms with E-state index >= 15 is 0 Å². The van der Waals surface area contributed by atoms with Crippen molar-refractivity contribution >= 4 is 10.0 Å². The van der Waals surface area contributed by atoms with Crippen LogP contribution in [0.2, 0.25) is 0 Å². The molecule has 1 N–H and O–H groups in total. The van der Waals surface area contributed by atoms with Gasteiger partial charge in [0.15, 0.2) is 0 Å². The second-order valence-corrected chi connectivity index (χ2v) is 7.04. The number of nitriles is 1. The molecular formula is C14H28N2O2S. The van der Waals surface area contributed by atoms with Crippen molar-refractivity contribution < 1.29 is 8.42 Å². The first-order chi connectivity index (χ1) is 9.08. The number of sulfonamides is 1. The van der Waals surface area contributed by atoms with Crippen LogP contribution in [-0.2, 0) is 10.0 Å². The van der Waals surface area contributed by atoms with E-state index in [0.717, 1.165) is 19.3 Å². The first-order valence-electron chi connectivity index (χ1n) is 7.43. The number of hydrogen-bond acceptors (Lipinski definition) is 3. The highest BCUT2D eigenvalue weighted by Crippen LogP contribution is 2.16. The summed E-state index contributed by atoms with van der Waals surface area (Å²) in [6.45, 7) is 4.05. The van der Waals surface area contributed by atoms with E-state index in [0.29, 0.717) is 12.8 Å². The quantitative estimate of drug-likeness (QED) is 0.442. The summed E-state index contributed by atoms with van der Waals surface area (Å²) in [6.07, 6.45) is 9.23. The molecule has 0 heterocycles. The minimum absolute atomic E-state index is 0.126. The normalized spacial score (nSPS) is 13.1. The Balaban J connectivity index is 4.08. The van der Waals surface area contributed by atoms with Crippen LogP contribution in [0, 0.1) is 11.3 Å². The number of unbranched alkanes of at least 4 members (excludes halogenated alkanes) is 5. The van der Waals surface area contributed by atoms with E-state index in [9.17, 15) is 8.42 Å². The van der Waals surface area contributed by atoms with E-state index in [1.54, 1.807) is 0 Å². The molecule has 19 heavy (non-hydrogen) atoms. The van der Waals surface area contributed by atoms with Gasteiger partial charge in [-0.2, -0.15) is 5.26 Å². The van der Waals surface area contributed by atoms with Crippen LogP contribution >= 0.6 is 0 Å². The lowest BCUT2D eigenvalue weighted by Crippen LogP contribution is -2.34. The lowest BCUT2D eigenvalue weighted by Gasteiger charge is -2.16. The zero-order valence-corrected chi connectivity index (χ0v) is 13.1. The summed E-state index contributed by atoms with van der Waals surface area (Å²) in [5.74, 6) is 0. The van der Waals surface area contributed by atoms with Crippen LogP contribution in [0.1, 0.15) is 71.6 Å². The van der Waals surface area contributed by atoms with Gasteiger partial charge in [0.25, 0.3) is 0 Å². The highest BCUT2D eigenvalue weighted by molar-refractivity contribution is 7.90. The fourth-order valence-corrected chi connectivity index (χ4v) is 3.70. The average molecular weight is 288 g/mol. The third-order valence-electron chi connectivity index (χ3n) is 3.28. The highest BCUT2D eigenvalue weighted by Gasteiger charge is 2.23. The zero-order valence-electron chi connectivity index (χ0n) is 12.3. The molecule has 0 saturated heterocycles. The van der Waals surface area contributed by atoms with Crippen LogP contribution in [0.25, 0.3) is 0 Å². The third kappa shape index (κ3) is 9.01. The van der Waals surface area contributed by atoms with Gasteiger partial charge in [-0.05, 0) is 12.8 Å². The van der Waals surface area contributed by atoms with Gasteiger partial charge in [0.2, 0.25) is 10.0 Å². The summed E-state index contributed by atoms with van der Waals surface area (Å²) in [5, 5.41) is 8.12. The largest absolute Gasteiger partial charge is 0.215 e. The van der Waals surface area contributed by atoms with Gasteiger partial charge in [-0.15, -0.1) is 0 Å². The van der Waals surface area contributed by atoms with Gasteiger partial charge < -0.3 is 0 Å². The van der Waals surface area contributed by atoms with Crippen molar-refractivity contribution in [3.63, 3.8) is 0 Å². The Morgan fingerprint density at radius 1 is 1.00 bits per heavy atom. The van der Waals surface area contributed by atoms with E-state index in [4.69, 9.17) is 5.26 Å². The monoisotopic (exact) mass is 288 g/mol. The van der Waals surface area contributed by atoms with Gasteiger partial charge in [-0.25, -0.2) is 13.1 Å². The topological polar surface area (TPSA) is 70.0 Å². The number of nitrogens with one attached hydrogen (secondary N) is 1. The van der Waals surface area contributed by atoms with E-state index in [1.165, 1.54) is 25.7 Å². The van der Waals surface area contributed by atoms with Crippen LogP contribution in [0.15, 0.2) is 0 Å². The Bertz CT molecular complexity index is 347. The van der Waals surface area contributed by atoms with Gasteiger partial charge >= 0.3 is 0 Å². The Morgan fingerprint density at radius 3 is 2.21 bits per heavy atom. The molecule has 0 rings (SSSR count). The molecule has 0 bridgehead atoms. The predicted octanol–water partition coefficient (Wildman–Crippen LogP) is 3.35. The maximum atomic E-state index is 12.0. The summed E-state index contributed by atoms with van der Waals surface area (Å²) in [4.78, 5) is 0. The fourth-order valence-electron chi connectivity index (χ4n) is 2.18. The van der Waals surface area contributed by atoms with Gasteiger partial charge in [0.1, 0.15) is 0 Å². The lowest BCUT2D eigenvalue weighted by molar-refractivity contribution is 0.524. The summed E-state index contributed by atoms with van der Waals surface area (Å²) < 4.78 is 26.3. The molecule has 0 radical (unpaired) electrons. The van der Waals surface area contributed by atoms with E-state index in [1.807, 2.05) is 13.0 Å². The zero-order chi connectivity index (χ0) is 14.6. The molecule has 0 aliphatic rings. The summed E-state index contributed by atoms with van der Waals surface area (Å²) in [6, 6.07) is 1.82. The smallest absolute Gasteiger partial charge is 0.212 e. The fraction of sp³-hybridized carbons (Fsp3) is 0.929. The van der Waals surface area contributed by atoms with Crippen molar-refractivity contribution in [3.05, 3.63) is 0 Å². The SMILES string of the molecule is CCCCCCCCC(CCC)S(=O)(=O)NCC#N. The molecule has 0 amide bonds. The molecule has 1 atom stereocenters. The highest BCUT2D eigenvalue weighted by atomic mass is 32.2. The van der Waals surface area contributed by atoms with Crippen molar-refractivity contribution in [2.75, 3.05) is 6.54 Å². The molecule has 0 aromatic carbocycles. The minimum atomic E-state index is -3.32. The maximum absolute atomic E-state index is 12.0.